The Labute approximate surface area is 227 Å². The van der Waals surface area contributed by atoms with Crippen LogP contribution in [0.15, 0.2) is 140 Å². The molecule has 1 unspecified atom stereocenters. The van der Waals surface area contributed by atoms with Crippen molar-refractivity contribution < 1.29 is 0 Å². The monoisotopic (exact) mass is 498 g/mol. The van der Waals surface area contributed by atoms with E-state index in [1.165, 1.54) is 43.6 Å². The van der Waals surface area contributed by atoms with Crippen LogP contribution in [0.5, 0.6) is 0 Å². The molecule has 1 aliphatic rings. The van der Waals surface area contributed by atoms with Gasteiger partial charge in [0, 0.05) is 17.2 Å². The van der Waals surface area contributed by atoms with Crippen LogP contribution in [0.2, 0.25) is 0 Å². The number of hydrogen-bond acceptors (Lipinski definition) is 1. The second kappa shape index (κ2) is 8.82. The first-order chi connectivity index (χ1) is 19.3. The van der Waals surface area contributed by atoms with E-state index >= 15 is 0 Å². The molecule has 0 fully saturated rings. The fraction of sp³-hybridized carbons (Fsp3) is 0.0541. The van der Waals surface area contributed by atoms with Gasteiger partial charge in [0.1, 0.15) is 5.82 Å². The molecular weight excluding hydrogens is 472 g/mol. The molecule has 39 heavy (non-hydrogen) atoms. The van der Waals surface area contributed by atoms with Gasteiger partial charge in [-0.2, -0.15) is 0 Å². The van der Waals surface area contributed by atoms with Crippen LogP contribution in [0.3, 0.4) is 0 Å². The molecule has 0 aliphatic heterocycles. The summed E-state index contributed by atoms with van der Waals surface area (Å²) in [6, 6.07) is 43.6. The van der Waals surface area contributed by atoms with E-state index in [-0.39, 0.29) is 0 Å². The van der Waals surface area contributed by atoms with Crippen LogP contribution in [0, 0.1) is 0 Å². The third kappa shape index (κ3) is 3.60. The summed E-state index contributed by atoms with van der Waals surface area (Å²) in [7, 11) is 0. The van der Waals surface area contributed by atoms with Crippen LogP contribution in [0.4, 0.5) is 0 Å². The van der Waals surface area contributed by atoms with E-state index < -0.39 is 0 Å². The molecule has 184 valence electrons. The first kappa shape index (κ1) is 22.1. The lowest BCUT2D eigenvalue weighted by Gasteiger charge is -2.21. The molecule has 7 aromatic rings. The number of imidazole rings is 1. The van der Waals surface area contributed by atoms with Crippen molar-refractivity contribution in [3.05, 3.63) is 145 Å². The second-order valence-electron chi connectivity index (χ2n) is 10.4. The first-order valence-corrected chi connectivity index (χ1v) is 13.6. The van der Waals surface area contributed by atoms with E-state index in [0.29, 0.717) is 5.92 Å². The lowest BCUT2D eigenvalue weighted by atomic mass is 9.86. The average molecular weight is 499 g/mol. The Bertz CT molecular complexity index is 2090. The Hall–Kier alpha value is -4.95. The van der Waals surface area contributed by atoms with Crippen LogP contribution in [-0.4, -0.2) is 9.55 Å². The van der Waals surface area contributed by atoms with E-state index in [1.807, 2.05) is 0 Å². The number of rotatable bonds is 3. The van der Waals surface area contributed by atoms with Crippen molar-refractivity contribution in [2.24, 2.45) is 0 Å². The highest BCUT2D eigenvalue weighted by atomic mass is 15.1. The number of nitrogens with zero attached hydrogens (tertiary/aromatic N) is 2. The zero-order valence-corrected chi connectivity index (χ0v) is 21.5. The maximum absolute atomic E-state index is 5.01. The molecule has 1 atom stereocenters. The van der Waals surface area contributed by atoms with E-state index in [9.17, 15) is 0 Å². The molecular formula is C37H26N2. The van der Waals surface area contributed by atoms with E-state index in [0.717, 1.165) is 28.8 Å². The zero-order valence-electron chi connectivity index (χ0n) is 21.5. The molecule has 0 amide bonds. The van der Waals surface area contributed by atoms with Gasteiger partial charge < -0.3 is 0 Å². The van der Waals surface area contributed by atoms with Gasteiger partial charge in [-0.05, 0) is 74.6 Å². The molecule has 6 aromatic carbocycles. The summed E-state index contributed by atoms with van der Waals surface area (Å²) in [6.07, 6.45) is 7.97. The molecule has 1 aromatic heterocycles. The highest BCUT2D eigenvalue weighted by molar-refractivity contribution is 6.13. The quantitative estimate of drug-likeness (QED) is 0.175. The summed E-state index contributed by atoms with van der Waals surface area (Å²) >= 11 is 0. The van der Waals surface area contributed by atoms with Crippen molar-refractivity contribution in [1.29, 1.82) is 0 Å². The van der Waals surface area contributed by atoms with E-state index in [2.05, 4.69) is 144 Å². The van der Waals surface area contributed by atoms with Crippen molar-refractivity contribution in [1.82, 2.24) is 9.55 Å². The summed E-state index contributed by atoms with van der Waals surface area (Å²) in [5.74, 6) is 1.31. The minimum Gasteiger partial charge on any atom is -0.293 e. The van der Waals surface area contributed by atoms with Gasteiger partial charge in [-0.15, -0.1) is 0 Å². The SMILES string of the molecule is C1=CC(c2cccc3c2ccc2cc4ccccc4cc23)CC=C1n1c(-c2ccccc2)nc2ccccc21. The Morgan fingerprint density at radius 1 is 0.615 bits per heavy atom. The molecule has 2 nitrogen and oxygen atoms in total. The second-order valence-corrected chi connectivity index (χ2v) is 10.4. The maximum atomic E-state index is 5.01. The third-order valence-electron chi connectivity index (χ3n) is 8.11. The van der Waals surface area contributed by atoms with Crippen molar-refractivity contribution in [2.45, 2.75) is 12.3 Å². The fourth-order valence-electron chi connectivity index (χ4n) is 6.20. The maximum Gasteiger partial charge on any atom is 0.145 e. The number of hydrogen-bond donors (Lipinski definition) is 0. The van der Waals surface area contributed by atoms with Gasteiger partial charge in [0.2, 0.25) is 0 Å². The van der Waals surface area contributed by atoms with Crippen molar-refractivity contribution in [3.8, 4) is 11.4 Å². The molecule has 0 saturated heterocycles. The van der Waals surface area contributed by atoms with E-state index in [4.69, 9.17) is 4.98 Å². The molecule has 0 radical (unpaired) electrons. The van der Waals surface area contributed by atoms with Gasteiger partial charge in [-0.3, -0.25) is 4.57 Å². The molecule has 1 heterocycles. The number of para-hydroxylation sites is 2. The third-order valence-corrected chi connectivity index (χ3v) is 8.11. The molecule has 8 rings (SSSR count). The Morgan fingerprint density at radius 3 is 2.26 bits per heavy atom. The summed E-state index contributed by atoms with van der Waals surface area (Å²) in [4.78, 5) is 5.01. The largest absolute Gasteiger partial charge is 0.293 e. The zero-order chi connectivity index (χ0) is 25.8. The van der Waals surface area contributed by atoms with Crippen LogP contribution >= 0.6 is 0 Å². The number of aromatic nitrogens is 2. The standard InChI is InChI=1S/C37H26N2/c1-2-9-26(10-3-1)37-38-35-15-6-7-16-36(35)39(37)30-20-17-25(18-21-30)31-13-8-14-32-33(31)22-19-29-23-27-11-4-5-12-28(27)24-34(29)32/h1-17,19-25H,18H2. The summed E-state index contributed by atoms with van der Waals surface area (Å²) in [6.45, 7) is 0. The molecule has 1 aliphatic carbocycles. The van der Waals surface area contributed by atoms with Crippen LogP contribution < -0.4 is 0 Å². The highest BCUT2D eigenvalue weighted by Crippen LogP contribution is 2.38. The molecule has 2 heteroatoms. The minimum absolute atomic E-state index is 0.324. The normalized spacial score (nSPS) is 15.4. The van der Waals surface area contributed by atoms with Gasteiger partial charge >= 0.3 is 0 Å². The van der Waals surface area contributed by atoms with Crippen molar-refractivity contribution in [3.63, 3.8) is 0 Å². The van der Waals surface area contributed by atoms with Crippen molar-refractivity contribution >= 4 is 49.0 Å². The topological polar surface area (TPSA) is 17.8 Å². The predicted molar refractivity (Wildman–Crippen MR) is 165 cm³/mol. The smallest absolute Gasteiger partial charge is 0.145 e. The van der Waals surface area contributed by atoms with Crippen molar-refractivity contribution in [2.75, 3.05) is 0 Å². The number of allylic oxidation sites excluding steroid dienone is 4. The predicted octanol–water partition coefficient (Wildman–Crippen LogP) is 9.75. The lowest BCUT2D eigenvalue weighted by molar-refractivity contribution is 0.856. The lowest BCUT2D eigenvalue weighted by Crippen LogP contribution is -2.05. The van der Waals surface area contributed by atoms with Gasteiger partial charge in [0.15, 0.2) is 0 Å². The fourth-order valence-corrected chi connectivity index (χ4v) is 6.20. The highest BCUT2D eigenvalue weighted by Gasteiger charge is 2.19. The average Bonchev–Trinajstić information content (AvgIpc) is 3.40. The number of benzene rings is 6. The first-order valence-electron chi connectivity index (χ1n) is 13.6. The Morgan fingerprint density at radius 2 is 1.41 bits per heavy atom. The van der Waals surface area contributed by atoms with E-state index in [1.54, 1.807) is 0 Å². The Balaban J connectivity index is 1.21. The Kier molecular flexibility index (Phi) is 4.99. The van der Waals surface area contributed by atoms with Gasteiger partial charge in [-0.25, -0.2) is 4.98 Å². The van der Waals surface area contributed by atoms with Gasteiger partial charge in [-0.1, -0.05) is 109 Å². The molecule has 0 saturated carbocycles. The minimum atomic E-state index is 0.324. The van der Waals surface area contributed by atoms with Crippen LogP contribution in [-0.2, 0) is 0 Å². The van der Waals surface area contributed by atoms with Gasteiger partial charge in [0.25, 0.3) is 0 Å². The molecule has 0 spiro atoms. The van der Waals surface area contributed by atoms with Gasteiger partial charge in [0.05, 0.1) is 11.0 Å². The summed E-state index contributed by atoms with van der Waals surface area (Å²) in [5, 5.41) is 7.85. The van der Waals surface area contributed by atoms with Crippen LogP contribution in [0.1, 0.15) is 17.9 Å². The number of fused-ring (bicyclic) bond motifs is 5. The summed E-state index contributed by atoms with van der Waals surface area (Å²) < 4.78 is 2.30. The molecule has 0 bridgehead atoms. The molecule has 0 N–H and O–H groups in total. The van der Waals surface area contributed by atoms with Crippen LogP contribution in [0.25, 0.3) is 60.4 Å². The summed E-state index contributed by atoms with van der Waals surface area (Å²) in [5.41, 5.74) is 5.83.